The summed E-state index contributed by atoms with van der Waals surface area (Å²) < 4.78 is 5.61. The summed E-state index contributed by atoms with van der Waals surface area (Å²) >= 11 is 1.66. The van der Waals surface area contributed by atoms with Crippen LogP contribution in [-0.2, 0) is 6.61 Å². The van der Waals surface area contributed by atoms with E-state index in [4.69, 9.17) is 4.74 Å². The molecule has 0 amide bonds. The number of hydrogen-bond donors (Lipinski definition) is 1. The molecule has 3 aromatic heterocycles. The Bertz CT molecular complexity index is 590. The van der Waals surface area contributed by atoms with Crippen LogP contribution < -0.4 is 4.74 Å². The molecule has 3 heterocycles. The van der Waals surface area contributed by atoms with Crippen LogP contribution in [0.4, 0.5) is 0 Å². The van der Waals surface area contributed by atoms with Gasteiger partial charge in [0.15, 0.2) is 5.65 Å². The van der Waals surface area contributed by atoms with Gasteiger partial charge in [-0.05, 0) is 11.4 Å². The molecular formula is C10H8N4OS. The fraction of sp³-hybridized carbons (Fsp3) is 0.100. The van der Waals surface area contributed by atoms with E-state index in [1.54, 1.807) is 17.7 Å². The maximum absolute atomic E-state index is 5.61. The zero-order chi connectivity index (χ0) is 10.8. The van der Waals surface area contributed by atoms with Crippen LogP contribution in [0.25, 0.3) is 11.2 Å². The number of thiophene rings is 1. The quantitative estimate of drug-likeness (QED) is 0.750. The summed E-state index contributed by atoms with van der Waals surface area (Å²) in [7, 11) is 0. The molecule has 3 aromatic rings. The smallest absolute Gasteiger partial charge is 0.243 e. The number of hydrogen-bond acceptors (Lipinski definition) is 5. The van der Waals surface area contributed by atoms with Crippen molar-refractivity contribution < 1.29 is 4.74 Å². The number of aromatic nitrogens is 4. The molecule has 5 nitrogen and oxygen atoms in total. The Morgan fingerprint density at radius 3 is 3.19 bits per heavy atom. The zero-order valence-corrected chi connectivity index (χ0v) is 9.07. The van der Waals surface area contributed by atoms with Gasteiger partial charge in [-0.1, -0.05) is 6.07 Å². The second-order valence-corrected chi connectivity index (χ2v) is 4.18. The molecule has 0 aliphatic rings. The van der Waals surface area contributed by atoms with Crippen LogP contribution in [0.5, 0.6) is 5.88 Å². The SMILES string of the molecule is c1csc(COc2ncnc3nc[nH]c23)c1. The fourth-order valence-electron chi connectivity index (χ4n) is 1.39. The Hall–Kier alpha value is -1.95. The van der Waals surface area contributed by atoms with Gasteiger partial charge in [0.05, 0.1) is 6.33 Å². The summed E-state index contributed by atoms with van der Waals surface area (Å²) in [6.07, 6.45) is 3.03. The Labute approximate surface area is 95.2 Å². The van der Waals surface area contributed by atoms with Gasteiger partial charge in [-0.2, -0.15) is 4.98 Å². The molecule has 6 heteroatoms. The minimum absolute atomic E-state index is 0.517. The van der Waals surface area contributed by atoms with Crippen molar-refractivity contribution in [2.75, 3.05) is 0 Å². The first-order valence-corrected chi connectivity index (χ1v) is 5.61. The van der Waals surface area contributed by atoms with Crippen LogP contribution in [0, 0.1) is 0 Å². The number of H-pyrrole nitrogens is 1. The highest BCUT2D eigenvalue weighted by molar-refractivity contribution is 7.09. The van der Waals surface area contributed by atoms with Crippen LogP contribution in [0.15, 0.2) is 30.2 Å². The molecule has 80 valence electrons. The van der Waals surface area contributed by atoms with Gasteiger partial charge in [-0.25, -0.2) is 9.97 Å². The maximum atomic E-state index is 5.61. The summed E-state index contributed by atoms with van der Waals surface area (Å²) in [5.41, 5.74) is 1.36. The van der Waals surface area contributed by atoms with E-state index in [-0.39, 0.29) is 0 Å². The van der Waals surface area contributed by atoms with Gasteiger partial charge in [-0.15, -0.1) is 11.3 Å². The first kappa shape index (κ1) is 9.29. The normalized spacial score (nSPS) is 10.8. The Morgan fingerprint density at radius 1 is 1.31 bits per heavy atom. The van der Waals surface area contributed by atoms with E-state index in [1.165, 1.54) is 6.33 Å². The van der Waals surface area contributed by atoms with Crippen LogP contribution in [0.2, 0.25) is 0 Å². The highest BCUT2D eigenvalue weighted by Crippen LogP contribution is 2.19. The molecule has 3 rings (SSSR count). The molecule has 0 aromatic carbocycles. The molecule has 0 fully saturated rings. The topological polar surface area (TPSA) is 63.7 Å². The van der Waals surface area contributed by atoms with Crippen LogP contribution in [0.3, 0.4) is 0 Å². The molecule has 0 saturated carbocycles. The predicted octanol–water partition coefficient (Wildman–Crippen LogP) is 1.99. The number of fused-ring (bicyclic) bond motifs is 1. The molecule has 0 spiro atoms. The maximum Gasteiger partial charge on any atom is 0.243 e. The third-order valence-electron chi connectivity index (χ3n) is 2.12. The summed E-state index contributed by atoms with van der Waals surface area (Å²) in [6, 6.07) is 4.02. The molecule has 0 atom stereocenters. The van der Waals surface area contributed by atoms with Crippen LogP contribution in [-0.4, -0.2) is 19.9 Å². The van der Waals surface area contributed by atoms with E-state index in [9.17, 15) is 0 Å². The highest BCUT2D eigenvalue weighted by atomic mass is 32.1. The standard InChI is InChI=1S/C10H8N4OS/c1-2-7(16-3-1)4-15-10-8-9(12-5-11-8)13-6-14-10/h1-3,5-6H,4H2,(H,11,12,13,14). The number of aromatic amines is 1. The lowest BCUT2D eigenvalue weighted by Crippen LogP contribution is -1.96. The number of nitrogens with zero attached hydrogens (tertiary/aromatic N) is 3. The van der Waals surface area contributed by atoms with Crippen molar-refractivity contribution in [2.24, 2.45) is 0 Å². The van der Waals surface area contributed by atoms with E-state index in [1.807, 2.05) is 17.5 Å². The fourth-order valence-corrected chi connectivity index (χ4v) is 2.00. The first-order chi connectivity index (χ1) is 7.93. The molecule has 0 unspecified atom stereocenters. The average Bonchev–Trinajstić information content (AvgIpc) is 2.97. The average molecular weight is 232 g/mol. The number of nitrogens with one attached hydrogen (secondary N) is 1. The molecule has 0 aliphatic carbocycles. The molecular weight excluding hydrogens is 224 g/mol. The minimum atomic E-state index is 0.517. The largest absolute Gasteiger partial charge is 0.470 e. The van der Waals surface area contributed by atoms with E-state index < -0.39 is 0 Å². The van der Waals surface area contributed by atoms with Crippen molar-refractivity contribution in [3.63, 3.8) is 0 Å². The number of rotatable bonds is 3. The van der Waals surface area contributed by atoms with Crippen molar-refractivity contribution in [1.29, 1.82) is 0 Å². The van der Waals surface area contributed by atoms with E-state index in [2.05, 4.69) is 19.9 Å². The first-order valence-electron chi connectivity index (χ1n) is 4.73. The molecule has 0 bridgehead atoms. The van der Waals surface area contributed by atoms with Crippen molar-refractivity contribution in [2.45, 2.75) is 6.61 Å². The predicted molar refractivity (Wildman–Crippen MR) is 60.3 cm³/mol. The van der Waals surface area contributed by atoms with Crippen molar-refractivity contribution in [3.8, 4) is 5.88 Å². The lowest BCUT2D eigenvalue weighted by atomic mass is 10.5. The molecule has 0 saturated heterocycles. The van der Waals surface area contributed by atoms with Gasteiger partial charge in [0, 0.05) is 4.88 Å². The Balaban J connectivity index is 1.86. The van der Waals surface area contributed by atoms with E-state index in [0.717, 1.165) is 10.4 Å². The number of imidazole rings is 1. The summed E-state index contributed by atoms with van der Waals surface area (Å²) in [5, 5.41) is 2.02. The Kier molecular flexibility index (Phi) is 2.26. The third-order valence-corrected chi connectivity index (χ3v) is 2.97. The monoisotopic (exact) mass is 232 g/mol. The van der Waals surface area contributed by atoms with Crippen molar-refractivity contribution in [1.82, 2.24) is 19.9 Å². The van der Waals surface area contributed by atoms with E-state index in [0.29, 0.717) is 18.1 Å². The number of ether oxygens (including phenoxy) is 1. The lowest BCUT2D eigenvalue weighted by Gasteiger charge is -2.03. The minimum Gasteiger partial charge on any atom is -0.470 e. The second kappa shape index (κ2) is 3.90. The van der Waals surface area contributed by atoms with E-state index >= 15 is 0 Å². The molecule has 0 radical (unpaired) electrons. The molecule has 1 N–H and O–H groups in total. The lowest BCUT2D eigenvalue weighted by molar-refractivity contribution is 0.300. The van der Waals surface area contributed by atoms with Gasteiger partial charge in [-0.3, -0.25) is 0 Å². The summed E-state index contributed by atoms with van der Waals surface area (Å²) in [6.45, 7) is 0.517. The highest BCUT2D eigenvalue weighted by Gasteiger charge is 2.06. The van der Waals surface area contributed by atoms with Gasteiger partial charge in [0.25, 0.3) is 0 Å². The van der Waals surface area contributed by atoms with Gasteiger partial charge < -0.3 is 9.72 Å². The van der Waals surface area contributed by atoms with Crippen LogP contribution >= 0.6 is 11.3 Å². The van der Waals surface area contributed by atoms with Crippen molar-refractivity contribution >= 4 is 22.5 Å². The second-order valence-electron chi connectivity index (χ2n) is 3.15. The zero-order valence-electron chi connectivity index (χ0n) is 8.25. The molecule has 16 heavy (non-hydrogen) atoms. The van der Waals surface area contributed by atoms with Crippen molar-refractivity contribution in [3.05, 3.63) is 35.0 Å². The molecule has 0 aliphatic heterocycles. The van der Waals surface area contributed by atoms with Gasteiger partial charge in [0.2, 0.25) is 5.88 Å². The van der Waals surface area contributed by atoms with Gasteiger partial charge >= 0.3 is 0 Å². The summed E-state index contributed by atoms with van der Waals surface area (Å²) in [4.78, 5) is 16.3. The van der Waals surface area contributed by atoms with Crippen LogP contribution in [0.1, 0.15) is 4.88 Å². The van der Waals surface area contributed by atoms with Gasteiger partial charge in [0.1, 0.15) is 18.5 Å². The Morgan fingerprint density at radius 2 is 2.31 bits per heavy atom. The summed E-state index contributed by atoms with van der Waals surface area (Å²) in [5.74, 6) is 0.538. The third kappa shape index (κ3) is 1.63.